The molecule has 0 spiro atoms. The molecule has 6 nitrogen and oxygen atoms in total. The van der Waals surface area contributed by atoms with Crippen molar-refractivity contribution in [1.82, 2.24) is 0 Å². The molecule has 0 saturated heterocycles. The molecule has 10 heteroatoms. The Hall–Kier alpha value is 1.48. The lowest BCUT2D eigenvalue weighted by atomic mass is 9.70. The van der Waals surface area contributed by atoms with Gasteiger partial charge in [0.2, 0.25) is 0 Å². The molecular formula is C20H42O6P4. The van der Waals surface area contributed by atoms with E-state index in [4.69, 9.17) is 28.0 Å². The molecule has 178 valence electrons. The van der Waals surface area contributed by atoms with Crippen LogP contribution in [0.5, 0.6) is 0 Å². The summed E-state index contributed by atoms with van der Waals surface area (Å²) in [7, 11) is 6.06. The fraction of sp³-hybridized carbons (Fsp3) is 1.00. The fourth-order valence-corrected chi connectivity index (χ4v) is 5.79. The van der Waals surface area contributed by atoms with Crippen molar-refractivity contribution in [3.8, 4) is 0 Å². The van der Waals surface area contributed by atoms with Crippen LogP contribution in [-0.4, -0.2) is 65.1 Å². The number of rotatable bonds is 17. The maximum atomic E-state index is 6.32. The minimum absolute atomic E-state index is 0.350. The second kappa shape index (κ2) is 18.9. The van der Waals surface area contributed by atoms with Crippen LogP contribution in [0.25, 0.3) is 0 Å². The maximum Gasteiger partial charge on any atom is 0.0744 e. The van der Waals surface area contributed by atoms with E-state index >= 15 is 0 Å². The van der Waals surface area contributed by atoms with E-state index in [1.54, 1.807) is 0 Å². The Morgan fingerprint density at radius 2 is 0.933 bits per heavy atom. The van der Waals surface area contributed by atoms with Crippen LogP contribution >= 0.6 is 34.8 Å². The third-order valence-electron chi connectivity index (χ3n) is 6.00. The van der Waals surface area contributed by atoms with Crippen molar-refractivity contribution in [2.24, 2.45) is 11.8 Å². The lowest BCUT2D eigenvalue weighted by Gasteiger charge is -2.42. The van der Waals surface area contributed by atoms with Gasteiger partial charge < -0.3 is 28.0 Å². The zero-order chi connectivity index (χ0) is 21.3. The number of hydrogen-bond acceptors (Lipinski definition) is 6. The second-order valence-electron chi connectivity index (χ2n) is 7.87. The highest BCUT2D eigenvalue weighted by atomic mass is 32.0. The normalized spacial score (nSPS) is 28.2. The van der Waals surface area contributed by atoms with E-state index < -0.39 is 0 Å². The highest BCUT2D eigenvalue weighted by molar-refractivity contribution is 8.00. The minimum Gasteiger partial charge on any atom is -0.377 e. The molecule has 30 heavy (non-hydrogen) atoms. The molecule has 2 fully saturated rings. The zero-order valence-corrected chi connectivity index (χ0v) is 22.5. The summed E-state index contributed by atoms with van der Waals surface area (Å²) in [6.07, 6.45) is 10.8. The zero-order valence-electron chi connectivity index (χ0n) is 18.2. The fourth-order valence-electron chi connectivity index (χ4n) is 4.68. The Bertz CT molecular complexity index is 373. The summed E-state index contributed by atoms with van der Waals surface area (Å²) in [5.41, 5.74) is 0. The second-order valence-corrected chi connectivity index (χ2v) is 10.3. The Morgan fingerprint density at radius 3 is 1.37 bits per heavy atom. The summed E-state index contributed by atoms with van der Waals surface area (Å²) < 4.78 is 34.5. The van der Waals surface area contributed by atoms with E-state index in [0.717, 1.165) is 0 Å². The van der Waals surface area contributed by atoms with E-state index in [-0.39, 0.29) is 0 Å². The molecule has 2 aliphatic rings. The summed E-state index contributed by atoms with van der Waals surface area (Å²) >= 11 is 0. The topological polar surface area (TPSA) is 55.4 Å². The average Bonchev–Trinajstić information content (AvgIpc) is 2.78. The van der Waals surface area contributed by atoms with E-state index in [2.05, 4.69) is 17.9 Å². The van der Waals surface area contributed by atoms with Gasteiger partial charge in [-0.05, 0) is 37.5 Å². The molecule has 0 aromatic heterocycles. The SMILES string of the molecule is PPOCCOCCO[C@@H]1CCCCC1C1CCCC[C@H]1OCCOCCOPP. The van der Waals surface area contributed by atoms with Crippen molar-refractivity contribution < 1.29 is 28.0 Å². The summed E-state index contributed by atoms with van der Waals surface area (Å²) in [4.78, 5) is 0. The molecule has 0 aliphatic heterocycles. The van der Waals surface area contributed by atoms with Gasteiger partial charge in [0.05, 0.1) is 65.1 Å². The molecule has 2 rings (SSSR count). The van der Waals surface area contributed by atoms with Crippen molar-refractivity contribution in [3.63, 3.8) is 0 Å². The Labute approximate surface area is 191 Å². The summed E-state index contributed by atoms with van der Waals surface area (Å²) in [6.45, 7) is 5.25. The van der Waals surface area contributed by atoms with Gasteiger partial charge in [0.25, 0.3) is 0 Å². The number of hydrogen-bond donors (Lipinski definition) is 0. The first-order valence-electron chi connectivity index (χ1n) is 11.4. The van der Waals surface area contributed by atoms with Crippen LogP contribution in [0.2, 0.25) is 0 Å². The van der Waals surface area contributed by atoms with Gasteiger partial charge in [-0.25, -0.2) is 0 Å². The van der Waals surface area contributed by atoms with Gasteiger partial charge in [0.1, 0.15) is 0 Å². The predicted octanol–water partition coefficient (Wildman–Crippen LogP) is 4.97. The molecule has 0 bridgehead atoms. The monoisotopic (exact) mass is 502 g/mol. The lowest BCUT2D eigenvalue weighted by Crippen LogP contribution is -2.42. The van der Waals surface area contributed by atoms with Crippen LogP contribution in [-0.2, 0) is 28.0 Å². The standard InChI is InChI=1S/C20H42O6P4/c27-29-25-15-11-21-9-13-23-19-7-3-1-5-17(19)18-6-2-4-8-20(18)24-14-10-22-12-16-26-30-28/h17-20,29-30H,1-16,27-28H2/t17?,18?,19-,20-/m1/s1. The highest BCUT2D eigenvalue weighted by Gasteiger charge is 2.38. The molecule has 0 aromatic carbocycles. The van der Waals surface area contributed by atoms with Crippen LogP contribution < -0.4 is 0 Å². The third-order valence-corrected chi connectivity index (χ3v) is 7.74. The van der Waals surface area contributed by atoms with Crippen LogP contribution in [0.1, 0.15) is 51.4 Å². The molecule has 2 saturated carbocycles. The molecule has 8 atom stereocenters. The van der Waals surface area contributed by atoms with Crippen molar-refractivity contribution in [2.45, 2.75) is 63.6 Å². The van der Waals surface area contributed by atoms with E-state index in [1.807, 2.05) is 0 Å². The van der Waals surface area contributed by atoms with Gasteiger partial charge in [-0.15, -0.1) is 0 Å². The first kappa shape index (κ1) is 27.7. The van der Waals surface area contributed by atoms with Gasteiger partial charge >= 0.3 is 0 Å². The van der Waals surface area contributed by atoms with E-state index in [0.29, 0.717) is 93.9 Å². The van der Waals surface area contributed by atoms with Crippen molar-refractivity contribution in [3.05, 3.63) is 0 Å². The summed E-state index contributed by atoms with van der Waals surface area (Å²) in [5, 5.41) is 0. The van der Waals surface area contributed by atoms with Gasteiger partial charge in [-0.2, -0.15) is 0 Å². The minimum atomic E-state index is 0.350. The predicted molar refractivity (Wildman–Crippen MR) is 133 cm³/mol. The molecule has 0 amide bonds. The first-order chi connectivity index (χ1) is 14.9. The Balaban J connectivity index is 1.70. The molecule has 2 aliphatic carbocycles. The van der Waals surface area contributed by atoms with Crippen molar-refractivity contribution in [2.75, 3.05) is 52.9 Å². The van der Waals surface area contributed by atoms with E-state index in [1.165, 1.54) is 51.4 Å². The summed E-state index contributed by atoms with van der Waals surface area (Å²) in [5.74, 6) is 1.23. The van der Waals surface area contributed by atoms with Crippen LogP contribution in [0.15, 0.2) is 0 Å². The maximum absolute atomic E-state index is 6.32. The highest BCUT2D eigenvalue weighted by Crippen LogP contribution is 2.41. The average molecular weight is 502 g/mol. The lowest BCUT2D eigenvalue weighted by molar-refractivity contribution is -0.102. The molecular weight excluding hydrogens is 460 g/mol. The molecule has 0 heterocycles. The van der Waals surface area contributed by atoms with Gasteiger partial charge in [-0.1, -0.05) is 43.5 Å². The molecule has 6 unspecified atom stereocenters. The van der Waals surface area contributed by atoms with Crippen LogP contribution in [0, 0.1) is 11.8 Å². The van der Waals surface area contributed by atoms with Gasteiger partial charge in [0, 0.05) is 17.0 Å². The molecule has 0 N–H and O–H groups in total. The van der Waals surface area contributed by atoms with Gasteiger partial charge in [-0.3, -0.25) is 0 Å². The van der Waals surface area contributed by atoms with Crippen LogP contribution in [0.3, 0.4) is 0 Å². The van der Waals surface area contributed by atoms with E-state index in [9.17, 15) is 0 Å². The third kappa shape index (κ3) is 11.6. The Kier molecular flexibility index (Phi) is 17.4. The number of ether oxygens (including phenoxy) is 4. The molecule has 0 radical (unpaired) electrons. The van der Waals surface area contributed by atoms with Gasteiger partial charge in [0.15, 0.2) is 0 Å². The Morgan fingerprint density at radius 1 is 0.533 bits per heavy atom. The smallest absolute Gasteiger partial charge is 0.0744 e. The summed E-state index contributed by atoms with van der Waals surface area (Å²) in [6, 6.07) is 0. The first-order valence-corrected chi connectivity index (χ1v) is 16.8. The largest absolute Gasteiger partial charge is 0.377 e. The quantitative estimate of drug-likeness (QED) is 0.207. The van der Waals surface area contributed by atoms with Crippen LogP contribution in [0.4, 0.5) is 0 Å². The molecule has 0 aromatic rings. The van der Waals surface area contributed by atoms with Crippen molar-refractivity contribution in [1.29, 1.82) is 0 Å². The van der Waals surface area contributed by atoms with Crippen molar-refractivity contribution >= 4 is 34.8 Å².